The van der Waals surface area contributed by atoms with Gasteiger partial charge < -0.3 is 4.74 Å². The van der Waals surface area contributed by atoms with E-state index in [0.29, 0.717) is 12.0 Å². The number of thiophene rings is 1. The third-order valence-corrected chi connectivity index (χ3v) is 2.49. The Hall–Kier alpha value is -1.34. The summed E-state index contributed by atoms with van der Waals surface area (Å²) in [4.78, 5) is 11.4. The first-order chi connectivity index (χ1) is 6.77. The molecule has 0 radical (unpaired) electrons. The molecule has 0 aliphatic carbocycles. The Morgan fingerprint density at radius 2 is 2.57 bits per heavy atom. The number of esters is 1. The Kier molecular flexibility index (Phi) is 4.14. The lowest BCUT2D eigenvalue weighted by Crippen LogP contribution is -2.16. The minimum Gasteiger partial charge on any atom is -0.458 e. The summed E-state index contributed by atoms with van der Waals surface area (Å²) in [5.41, 5.74) is 0.561. The molecule has 1 heterocycles. The summed E-state index contributed by atoms with van der Waals surface area (Å²) in [5, 5.41) is 12.0. The van der Waals surface area contributed by atoms with E-state index in [1.54, 1.807) is 11.4 Å². The molecule has 0 bridgehead atoms. The number of nitrogens with zero attached hydrogens (tertiary/aromatic N) is 1. The van der Waals surface area contributed by atoms with Crippen LogP contribution in [-0.2, 0) is 4.74 Å². The van der Waals surface area contributed by atoms with Crippen molar-refractivity contribution in [3.63, 3.8) is 0 Å². The molecule has 4 heteroatoms. The Balaban J connectivity index is 2.52. The van der Waals surface area contributed by atoms with E-state index in [1.165, 1.54) is 11.3 Å². The van der Waals surface area contributed by atoms with Crippen LogP contribution in [0.2, 0.25) is 0 Å². The van der Waals surface area contributed by atoms with Crippen LogP contribution in [0.1, 0.15) is 30.1 Å². The first-order valence-electron chi connectivity index (χ1n) is 4.38. The van der Waals surface area contributed by atoms with E-state index < -0.39 is 0 Å². The molecule has 0 spiro atoms. The van der Waals surface area contributed by atoms with Crippen LogP contribution in [0.4, 0.5) is 0 Å². The zero-order valence-corrected chi connectivity index (χ0v) is 8.71. The fraction of sp³-hybridized carbons (Fsp3) is 0.400. The van der Waals surface area contributed by atoms with Crippen molar-refractivity contribution in [2.24, 2.45) is 0 Å². The molecule has 74 valence electrons. The van der Waals surface area contributed by atoms with Crippen molar-refractivity contribution in [3.8, 4) is 6.07 Å². The third-order valence-electron chi connectivity index (χ3n) is 1.80. The monoisotopic (exact) mass is 209 g/mol. The molecule has 1 aromatic rings. The zero-order valence-electron chi connectivity index (χ0n) is 7.90. The van der Waals surface area contributed by atoms with Gasteiger partial charge in [0, 0.05) is 5.38 Å². The van der Waals surface area contributed by atoms with Gasteiger partial charge in [0.25, 0.3) is 0 Å². The highest BCUT2D eigenvalue weighted by atomic mass is 32.1. The standard InChI is InChI=1S/C10H11NO2S/c1-2-9(3-5-11)13-10(12)8-4-6-14-7-8/h4,6-7,9H,2-3H2,1H3/t9-/m0/s1. The van der Waals surface area contributed by atoms with Gasteiger partial charge in [-0.2, -0.15) is 16.6 Å². The molecule has 0 saturated carbocycles. The van der Waals surface area contributed by atoms with Crippen molar-refractivity contribution in [2.45, 2.75) is 25.9 Å². The average molecular weight is 209 g/mol. The van der Waals surface area contributed by atoms with E-state index in [0.717, 1.165) is 0 Å². The summed E-state index contributed by atoms with van der Waals surface area (Å²) in [5.74, 6) is -0.339. The van der Waals surface area contributed by atoms with E-state index in [9.17, 15) is 4.79 Å². The Labute approximate surface area is 86.9 Å². The molecule has 0 amide bonds. The van der Waals surface area contributed by atoms with Gasteiger partial charge in [-0.1, -0.05) is 6.92 Å². The normalized spacial score (nSPS) is 11.7. The Morgan fingerprint density at radius 3 is 3.07 bits per heavy atom. The maximum absolute atomic E-state index is 11.4. The second-order valence-electron chi connectivity index (χ2n) is 2.81. The molecule has 1 atom stereocenters. The van der Waals surface area contributed by atoms with E-state index >= 15 is 0 Å². The molecular formula is C10H11NO2S. The maximum atomic E-state index is 11.4. The SMILES string of the molecule is CC[C@@H](CC#N)OC(=O)c1ccsc1. The molecule has 0 fully saturated rings. The highest BCUT2D eigenvalue weighted by Crippen LogP contribution is 2.11. The number of rotatable bonds is 4. The predicted molar refractivity (Wildman–Crippen MR) is 54.0 cm³/mol. The number of nitriles is 1. The molecule has 0 saturated heterocycles. The van der Waals surface area contributed by atoms with E-state index in [4.69, 9.17) is 10.00 Å². The summed E-state index contributed by atoms with van der Waals surface area (Å²) in [6.07, 6.45) is 0.642. The topological polar surface area (TPSA) is 50.1 Å². The fourth-order valence-corrected chi connectivity index (χ4v) is 1.60. The molecule has 0 aliphatic rings. The Bertz CT molecular complexity index is 326. The highest BCUT2D eigenvalue weighted by molar-refractivity contribution is 7.08. The lowest BCUT2D eigenvalue weighted by Gasteiger charge is -2.11. The summed E-state index contributed by atoms with van der Waals surface area (Å²) >= 11 is 1.45. The second-order valence-corrected chi connectivity index (χ2v) is 3.59. The van der Waals surface area contributed by atoms with E-state index in [-0.39, 0.29) is 18.5 Å². The van der Waals surface area contributed by atoms with Crippen molar-refractivity contribution in [1.82, 2.24) is 0 Å². The van der Waals surface area contributed by atoms with Crippen LogP contribution in [0.25, 0.3) is 0 Å². The van der Waals surface area contributed by atoms with Gasteiger partial charge in [0.05, 0.1) is 18.1 Å². The van der Waals surface area contributed by atoms with Gasteiger partial charge in [-0.05, 0) is 17.9 Å². The van der Waals surface area contributed by atoms with Gasteiger partial charge >= 0.3 is 5.97 Å². The van der Waals surface area contributed by atoms with Gasteiger partial charge in [0.2, 0.25) is 0 Å². The molecule has 1 rings (SSSR count). The molecule has 0 unspecified atom stereocenters. The smallest absolute Gasteiger partial charge is 0.339 e. The molecule has 3 nitrogen and oxygen atoms in total. The molecule has 1 aromatic heterocycles. The number of carbonyl (C=O) groups is 1. The molecule has 0 N–H and O–H groups in total. The average Bonchev–Trinajstić information content (AvgIpc) is 2.69. The van der Waals surface area contributed by atoms with Crippen LogP contribution in [0.15, 0.2) is 16.8 Å². The first-order valence-corrected chi connectivity index (χ1v) is 5.32. The van der Waals surface area contributed by atoms with Crippen molar-refractivity contribution in [1.29, 1.82) is 5.26 Å². The number of carbonyl (C=O) groups excluding carboxylic acids is 1. The van der Waals surface area contributed by atoms with Crippen molar-refractivity contribution in [2.75, 3.05) is 0 Å². The third kappa shape index (κ3) is 2.86. The van der Waals surface area contributed by atoms with Crippen LogP contribution in [-0.4, -0.2) is 12.1 Å². The summed E-state index contributed by atoms with van der Waals surface area (Å²) < 4.78 is 5.13. The minimum atomic E-state index is -0.339. The van der Waals surface area contributed by atoms with Crippen LogP contribution < -0.4 is 0 Å². The predicted octanol–water partition coefficient (Wildman–Crippen LogP) is 2.60. The zero-order chi connectivity index (χ0) is 10.4. The molecule has 0 aromatic carbocycles. The number of ether oxygens (including phenoxy) is 1. The van der Waals surface area contributed by atoms with Crippen LogP contribution in [0.3, 0.4) is 0 Å². The van der Waals surface area contributed by atoms with Crippen LogP contribution in [0.5, 0.6) is 0 Å². The molecular weight excluding hydrogens is 198 g/mol. The van der Waals surface area contributed by atoms with Gasteiger partial charge in [-0.15, -0.1) is 0 Å². The molecule has 0 aliphatic heterocycles. The van der Waals surface area contributed by atoms with Gasteiger partial charge in [0.15, 0.2) is 0 Å². The highest BCUT2D eigenvalue weighted by Gasteiger charge is 2.13. The summed E-state index contributed by atoms with van der Waals surface area (Å²) in [6.45, 7) is 1.89. The number of hydrogen-bond donors (Lipinski definition) is 0. The van der Waals surface area contributed by atoms with Gasteiger partial charge in [0.1, 0.15) is 6.10 Å². The summed E-state index contributed by atoms with van der Waals surface area (Å²) in [6, 6.07) is 3.71. The fourth-order valence-electron chi connectivity index (χ4n) is 0.971. The lowest BCUT2D eigenvalue weighted by atomic mass is 10.2. The van der Waals surface area contributed by atoms with Crippen LogP contribution >= 0.6 is 11.3 Å². The maximum Gasteiger partial charge on any atom is 0.339 e. The van der Waals surface area contributed by atoms with Crippen molar-refractivity contribution >= 4 is 17.3 Å². The molecule has 14 heavy (non-hydrogen) atoms. The van der Waals surface area contributed by atoms with Gasteiger partial charge in [-0.25, -0.2) is 4.79 Å². The number of hydrogen-bond acceptors (Lipinski definition) is 4. The first kappa shape index (κ1) is 10.7. The van der Waals surface area contributed by atoms with Crippen LogP contribution in [0, 0.1) is 11.3 Å². The van der Waals surface area contributed by atoms with Crippen molar-refractivity contribution < 1.29 is 9.53 Å². The van der Waals surface area contributed by atoms with Gasteiger partial charge in [-0.3, -0.25) is 0 Å². The largest absolute Gasteiger partial charge is 0.458 e. The Morgan fingerprint density at radius 1 is 1.79 bits per heavy atom. The quantitative estimate of drug-likeness (QED) is 0.716. The van der Waals surface area contributed by atoms with Crippen molar-refractivity contribution in [3.05, 3.63) is 22.4 Å². The van der Waals surface area contributed by atoms with E-state index in [2.05, 4.69) is 0 Å². The second kappa shape index (κ2) is 5.40. The summed E-state index contributed by atoms with van der Waals surface area (Å²) in [7, 11) is 0. The van der Waals surface area contributed by atoms with E-state index in [1.807, 2.05) is 18.4 Å². The lowest BCUT2D eigenvalue weighted by molar-refractivity contribution is 0.0304. The minimum absolute atomic E-state index is 0.256.